The van der Waals surface area contributed by atoms with E-state index < -0.39 is 0 Å². The van der Waals surface area contributed by atoms with Crippen LogP contribution >= 0.6 is 0 Å². The first-order chi connectivity index (χ1) is 10.5. The Morgan fingerprint density at radius 3 is 2.05 bits per heavy atom. The van der Waals surface area contributed by atoms with Crippen LogP contribution in [0.15, 0.2) is 66.7 Å². The van der Waals surface area contributed by atoms with E-state index >= 15 is 0 Å². The predicted molar refractivity (Wildman–Crippen MR) is 97.2 cm³/mol. The molecule has 0 aliphatic carbocycles. The van der Waals surface area contributed by atoms with E-state index in [1.54, 1.807) is 0 Å². The molecule has 1 nitrogen and oxygen atoms in total. The van der Waals surface area contributed by atoms with Crippen LogP contribution in [0, 0.1) is 0 Å². The van der Waals surface area contributed by atoms with Crippen LogP contribution in [0.2, 0.25) is 0 Å². The van der Waals surface area contributed by atoms with E-state index in [9.17, 15) is 0 Å². The minimum Gasteiger partial charge on any atom is -0.344 e. The van der Waals surface area contributed by atoms with Gasteiger partial charge in [0.15, 0.2) is 0 Å². The molecule has 22 heavy (non-hydrogen) atoms. The normalized spacial score (nSPS) is 11.6. The molecular formula is C21H23N. The average molecular weight is 289 g/mol. The fraction of sp³-hybridized carbons (Fsp3) is 0.238. The van der Waals surface area contributed by atoms with Crippen LogP contribution in [0.4, 0.5) is 11.4 Å². The van der Waals surface area contributed by atoms with Crippen molar-refractivity contribution < 1.29 is 0 Å². The molecule has 0 heterocycles. The van der Waals surface area contributed by atoms with E-state index in [1.807, 2.05) is 0 Å². The minimum absolute atomic E-state index is 0.191. The molecule has 0 saturated heterocycles. The lowest BCUT2D eigenvalue weighted by Crippen LogP contribution is -2.13. The second-order valence-electron chi connectivity index (χ2n) is 6.85. The van der Waals surface area contributed by atoms with Gasteiger partial charge < -0.3 is 4.90 Å². The van der Waals surface area contributed by atoms with Crippen LogP contribution in [0.3, 0.4) is 0 Å². The highest BCUT2D eigenvalue weighted by atomic mass is 15.1. The summed E-state index contributed by atoms with van der Waals surface area (Å²) in [6.45, 7) is 6.74. The van der Waals surface area contributed by atoms with Crippen molar-refractivity contribution >= 4 is 22.1 Å². The first-order valence-corrected chi connectivity index (χ1v) is 7.79. The molecule has 0 aromatic heterocycles. The van der Waals surface area contributed by atoms with Gasteiger partial charge >= 0.3 is 0 Å². The summed E-state index contributed by atoms with van der Waals surface area (Å²) in [4.78, 5) is 2.26. The molecule has 0 aliphatic rings. The van der Waals surface area contributed by atoms with Gasteiger partial charge in [-0.05, 0) is 34.6 Å². The second-order valence-corrected chi connectivity index (χ2v) is 6.85. The van der Waals surface area contributed by atoms with Crippen LogP contribution in [0.25, 0.3) is 10.8 Å². The topological polar surface area (TPSA) is 3.24 Å². The molecule has 3 rings (SSSR count). The van der Waals surface area contributed by atoms with Gasteiger partial charge in [-0.3, -0.25) is 0 Å². The lowest BCUT2D eigenvalue weighted by atomic mass is 9.87. The van der Waals surface area contributed by atoms with Crippen LogP contribution < -0.4 is 4.90 Å². The maximum atomic E-state index is 2.26. The largest absolute Gasteiger partial charge is 0.344 e. The molecule has 112 valence electrons. The zero-order chi connectivity index (χ0) is 15.7. The Labute approximate surface area is 133 Å². The standard InChI is InChI=1S/C21H23N/c1-21(2,3)17-12-14-18(15-13-17)22(4)20-11-7-9-16-8-5-6-10-19(16)20/h5-15H,1-4H3. The van der Waals surface area contributed by atoms with Crippen LogP contribution in [0.5, 0.6) is 0 Å². The summed E-state index contributed by atoms with van der Waals surface area (Å²) < 4.78 is 0. The summed E-state index contributed by atoms with van der Waals surface area (Å²) in [7, 11) is 2.13. The molecule has 0 fully saturated rings. The number of hydrogen-bond donors (Lipinski definition) is 0. The van der Waals surface area contributed by atoms with Gasteiger partial charge in [-0.15, -0.1) is 0 Å². The van der Waals surface area contributed by atoms with Gasteiger partial charge in [0.05, 0.1) is 0 Å². The van der Waals surface area contributed by atoms with Gasteiger partial charge in [-0.25, -0.2) is 0 Å². The molecule has 0 radical (unpaired) electrons. The highest BCUT2D eigenvalue weighted by molar-refractivity contribution is 5.95. The molecule has 3 aromatic carbocycles. The third-order valence-corrected chi connectivity index (χ3v) is 4.25. The van der Waals surface area contributed by atoms with E-state index in [-0.39, 0.29) is 5.41 Å². The highest BCUT2D eigenvalue weighted by Crippen LogP contribution is 2.32. The van der Waals surface area contributed by atoms with E-state index in [4.69, 9.17) is 0 Å². The number of fused-ring (bicyclic) bond motifs is 1. The summed E-state index contributed by atoms with van der Waals surface area (Å²) in [6, 6.07) is 23.9. The van der Waals surface area contributed by atoms with Crippen molar-refractivity contribution in [1.82, 2.24) is 0 Å². The number of nitrogens with zero attached hydrogens (tertiary/aromatic N) is 1. The Morgan fingerprint density at radius 1 is 0.727 bits per heavy atom. The molecular weight excluding hydrogens is 266 g/mol. The van der Waals surface area contributed by atoms with Gasteiger partial charge in [0.1, 0.15) is 0 Å². The van der Waals surface area contributed by atoms with E-state index in [1.165, 1.54) is 27.7 Å². The Balaban J connectivity index is 2.01. The zero-order valence-electron chi connectivity index (χ0n) is 13.8. The summed E-state index contributed by atoms with van der Waals surface area (Å²) in [5, 5.41) is 2.56. The highest BCUT2D eigenvalue weighted by Gasteiger charge is 2.14. The monoisotopic (exact) mass is 289 g/mol. The molecule has 3 aromatic rings. The maximum absolute atomic E-state index is 2.26. The molecule has 1 heteroatoms. The van der Waals surface area contributed by atoms with E-state index in [2.05, 4.69) is 99.4 Å². The number of benzene rings is 3. The smallest absolute Gasteiger partial charge is 0.0487 e. The fourth-order valence-corrected chi connectivity index (χ4v) is 2.82. The Morgan fingerprint density at radius 2 is 1.36 bits per heavy atom. The molecule has 0 bridgehead atoms. The average Bonchev–Trinajstić information content (AvgIpc) is 2.53. The van der Waals surface area contributed by atoms with Gasteiger partial charge in [-0.1, -0.05) is 69.3 Å². The Hall–Kier alpha value is -2.28. The Kier molecular flexibility index (Phi) is 3.66. The molecule has 0 atom stereocenters. The van der Waals surface area contributed by atoms with Gasteiger partial charge in [0.25, 0.3) is 0 Å². The first-order valence-electron chi connectivity index (χ1n) is 7.79. The first kappa shape index (κ1) is 14.6. The lowest BCUT2D eigenvalue weighted by Gasteiger charge is -2.24. The van der Waals surface area contributed by atoms with Crippen molar-refractivity contribution in [3.8, 4) is 0 Å². The van der Waals surface area contributed by atoms with E-state index in [0.29, 0.717) is 0 Å². The number of hydrogen-bond acceptors (Lipinski definition) is 1. The Bertz CT molecular complexity index is 774. The van der Waals surface area contributed by atoms with Crippen molar-refractivity contribution in [3.05, 3.63) is 72.3 Å². The minimum atomic E-state index is 0.191. The van der Waals surface area contributed by atoms with Gasteiger partial charge in [-0.2, -0.15) is 0 Å². The second kappa shape index (κ2) is 5.49. The van der Waals surface area contributed by atoms with Crippen molar-refractivity contribution in [2.45, 2.75) is 26.2 Å². The van der Waals surface area contributed by atoms with Crippen LogP contribution in [0.1, 0.15) is 26.3 Å². The molecule has 0 spiro atoms. The zero-order valence-corrected chi connectivity index (χ0v) is 13.8. The molecule has 0 N–H and O–H groups in total. The third-order valence-electron chi connectivity index (χ3n) is 4.25. The quantitative estimate of drug-likeness (QED) is 0.567. The van der Waals surface area contributed by atoms with Crippen LogP contribution in [-0.4, -0.2) is 7.05 Å². The summed E-state index contributed by atoms with van der Waals surface area (Å²) in [6.07, 6.45) is 0. The number of anilines is 2. The molecule has 0 unspecified atom stereocenters. The summed E-state index contributed by atoms with van der Waals surface area (Å²) in [5.41, 5.74) is 4.00. The summed E-state index contributed by atoms with van der Waals surface area (Å²) >= 11 is 0. The number of rotatable bonds is 2. The molecule has 0 aliphatic heterocycles. The third kappa shape index (κ3) is 2.71. The maximum Gasteiger partial charge on any atom is 0.0487 e. The molecule has 0 saturated carbocycles. The van der Waals surface area contributed by atoms with Crippen LogP contribution in [-0.2, 0) is 5.41 Å². The predicted octanol–water partition coefficient (Wildman–Crippen LogP) is 5.91. The van der Waals surface area contributed by atoms with Gasteiger partial charge in [0.2, 0.25) is 0 Å². The fourth-order valence-electron chi connectivity index (χ4n) is 2.82. The van der Waals surface area contributed by atoms with Gasteiger partial charge in [0, 0.05) is 23.8 Å². The molecule has 0 amide bonds. The SMILES string of the molecule is CN(c1ccc(C(C)(C)C)cc1)c1cccc2ccccc12. The van der Waals surface area contributed by atoms with Crippen molar-refractivity contribution in [2.75, 3.05) is 11.9 Å². The van der Waals surface area contributed by atoms with Crippen molar-refractivity contribution in [3.63, 3.8) is 0 Å². The summed E-state index contributed by atoms with van der Waals surface area (Å²) in [5.74, 6) is 0. The van der Waals surface area contributed by atoms with Crippen molar-refractivity contribution in [1.29, 1.82) is 0 Å². The van der Waals surface area contributed by atoms with E-state index in [0.717, 1.165) is 0 Å². The lowest BCUT2D eigenvalue weighted by molar-refractivity contribution is 0.590. The van der Waals surface area contributed by atoms with Crippen molar-refractivity contribution in [2.24, 2.45) is 0 Å².